The van der Waals surface area contributed by atoms with Crippen LogP contribution < -0.4 is 4.90 Å². The minimum atomic E-state index is -2.46. The Labute approximate surface area is 300 Å². The second-order valence-electron chi connectivity index (χ2n) is 12.4. The van der Waals surface area contributed by atoms with Gasteiger partial charge in [-0.15, -0.1) is 0 Å². The van der Waals surface area contributed by atoms with E-state index >= 15 is 0 Å². The summed E-state index contributed by atoms with van der Waals surface area (Å²) in [7, 11) is 0. The Balaban J connectivity index is 1.06. The highest BCUT2D eigenvalue weighted by atomic mass is 16.3. The number of fused-ring (bicyclic) bond motifs is 3. The van der Waals surface area contributed by atoms with Crippen LogP contribution in [-0.4, -0.2) is 4.98 Å². The molecule has 0 unspecified atom stereocenters. The molecule has 0 aliphatic rings. The third kappa shape index (κ3) is 5.21. The van der Waals surface area contributed by atoms with Crippen LogP contribution in [0.1, 0.15) is 19.4 Å². The molecule has 0 atom stereocenters. The standard InChI is InChI=1S/C47H34N2O/c1-31-41-12-6-7-13-42(41)32(2)44-30-37(24-29-43(31)44)35-22-27-40(28-23-35)49(38-10-4-3-5-11-38)39-25-20-34(21-26-39)33-16-18-36(19-17-33)47-48-45-14-8-9-15-46(45)50-47/h3-30H,1-2H3/i1D3,2D3. The summed E-state index contributed by atoms with van der Waals surface area (Å²) in [6.07, 6.45) is 0. The molecule has 3 heteroatoms. The van der Waals surface area contributed by atoms with Gasteiger partial charge in [-0.25, -0.2) is 4.98 Å². The van der Waals surface area contributed by atoms with Gasteiger partial charge in [-0.2, -0.15) is 0 Å². The van der Waals surface area contributed by atoms with E-state index in [2.05, 4.69) is 58.4 Å². The Hall–Kier alpha value is -6.45. The Morgan fingerprint density at radius 2 is 0.920 bits per heavy atom. The van der Waals surface area contributed by atoms with Crippen molar-refractivity contribution in [1.82, 2.24) is 4.98 Å². The molecule has 0 spiro atoms. The van der Waals surface area contributed by atoms with Crippen LogP contribution in [0.4, 0.5) is 17.1 Å². The lowest BCUT2D eigenvalue weighted by Gasteiger charge is -2.26. The van der Waals surface area contributed by atoms with Crippen LogP contribution in [0.2, 0.25) is 0 Å². The average molecular weight is 649 g/mol. The first-order valence-electron chi connectivity index (χ1n) is 19.5. The molecule has 0 amide bonds. The van der Waals surface area contributed by atoms with Crippen molar-refractivity contribution in [3.63, 3.8) is 0 Å². The van der Waals surface area contributed by atoms with Crippen molar-refractivity contribution in [2.24, 2.45) is 0 Å². The van der Waals surface area contributed by atoms with Crippen molar-refractivity contribution in [2.75, 3.05) is 4.90 Å². The van der Waals surface area contributed by atoms with Crippen molar-refractivity contribution in [1.29, 1.82) is 0 Å². The van der Waals surface area contributed by atoms with Crippen molar-refractivity contribution < 1.29 is 12.6 Å². The lowest BCUT2D eigenvalue weighted by molar-refractivity contribution is 0.620. The van der Waals surface area contributed by atoms with Gasteiger partial charge in [0, 0.05) is 30.9 Å². The number of rotatable bonds is 6. The quantitative estimate of drug-likeness (QED) is 0.168. The predicted octanol–water partition coefficient (Wildman–Crippen LogP) is 13.2. The molecule has 0 saturated heterocycles. The fourth-order valence-corrected chi connectivity index (χ4v) is 6.79. The third-order valence-corrected chi connectivity index (χ3v) is 9.38. The van der Waals surface area contributed by atoms with E-state index in [0.717, 1.165) is 56.0 Å². The van der Waals surface area contributed by atoms with Gasteiger partial charge in [0.05, 0.1) is 0 Å². The molecule has 1 aromatic heterocycles. The lowest BCUT2D eigenvalue weighted by Crippen LogP contribution is -2.09. The fraction of sp³-hybridized carbons (Fsp3) is 0.0426. The van der Waals surface area contributed by atoms with Crippen LogP contribution in [0.5, 0.6) is 0 Å². The van der Waals surface area contributed by atoms with Crippen LogP contribution in [0.15, 0.2) is 174 Å². The molecule has 0 saturated carbocycles. The summed E-state index contributed by atoms with van der Waals surface area (Å²) in [6, 6.07) is 55.0. The minimum absolute atomic E-state index is 0.160. The maximum atomic E-state index is 8.48. The van der Waals surface area contributed by atoms with E-state index < -0.39 is 13.7 Å². The van der Waals surface area contributed by atoms with E-state index in [9.17, 15) is 0 Å². The molecular weight excluding hydrogens is 609 g/mol. The molecule has 0 N–H and O–H groups in total. The van der Waals surface area contributed by atoms with Crippen LogP contribution >= 0.6 is 0 Å². The van der Waals surface area contributed by atoms with Gasteiger partial charge in [0.15, 0.2) is 5.58 Å². The van der Waals surface area contributed by atoms with Gasteiger partial charge < -0.3 is 9.32 Å². The van der Waals surface area contributed by atoms with Gasteiger partial charge >= 0.3 is 0 Å². The van der Waals surface area contributed by atoms with Gasteiger partial charge in [-0.1, -0.05) is 103 Å². The van der Waals surface area contributed by atoms with Crippen molar-refractivity contribution >= 4 is 49.7 Å². The first-order chi connectivity index (χ1) is 27.0. The maximum absolute atomic E-state index is 8.48. The van der Waals surface area contributed by atoms with Gasteiger partial charge in [0.2, 0.25) is 5.89 Å². The molecule has 0 fully saturated rings. The zero-order chi connectivity index (χ0) is 38.6. The average Bonchev–Trinajstić information content (AvgIpc) is 3.65. The monoisotopic (exact) mass is 648 g/mol. The van der Waals surface area contributed by atoms with E-state index in [1.54, 1.807) is 30.3 Å². The highest BCUT2D eigenvalue weighted by Gasteiger charge is 2.15. The molecule has 8 aromatic carbocycles. The van der Waals surface area contributed by atoms with Crippen LogP contribution in [0.3, 0.4) is 0 Å². The molecule has 0 aliphatic carbocycles. The number of oxazole rings is 1. The zero-order valence-corrected chi connectivity index (χ0v) is 27.0. The number of hydrogen-bond acceptors (Lipinski definition) is 3. The Morgan fingerprint density at radius 1 is 0.440 bits per heavy atom. The predicted molar refractivity (Wildman–Crippen MR) is 209 cm³/mol. The van der Waals surface area contributed by atoms with Crippen LogP contribution in [-0.2, 0) is 0 Å². The molecule has 3 nitrogen and oxygen atoms in total. The second kappa shape index (κ2) is 12.2. The van der Waals surface area contributed by atoms with E-state index in [4.69, 9.17) is 12.6 Å². The molecule has 50 heavy (non-hydrogen) atoms. The fourth-order valence-electron chi connectivity index (χ4n) is 6.79. The second-order valence-corrected chi connectivity index (χ2v) is 12.4. The largest absolute Gasteiger partial charge is 0.436 e. The van der Waals surface area contributed by atoms with Gasteiger partial charge in [-0.05, 0) is 135 Å². The van der Waals surface area contributed by atoms with Crippen LogP contribution in [0.25, 0.3) is 66.4 Å². The summed E-state index contributed by atoms with van der Waals surface area (Å²) in [4.78, 5) is 6.82. The van der Waals surface area contributed by atoms with E-state index in [1.807, 2.05) is 91.0 Å². The summed E-state index contributed by atoms with van der Waals surface area (Å²) in [5.41, 5.74) is 9.56. The zero-order valence-electron chi connectivity index (χ0n) is 33.0. The normalized spacial score (nSPS) is 13.7. The number of benzene rings is 8. The minimum Gasteiger partial charge on any atom is -0.436 e. The molecule has 9 aromatic rings. The summed E-state index contributed by atoms with van der Waals surface area (Å²) in [6.45, 7) is -4.90. The molecule has 0 aliphatic heterocycles. The summed E-state index contributed by atoms with van der Waals surface area (Å²) in [5.74, 6) is 0.592. The van der Waals surface area contributed by atoms with E-state index in [1.165, 1.54) is 0 Å². The molecule has 1 heterocycles. The van der Waals surface area contributed by atoms with E-state index in [-0.39, 0.29) is 11.1 Å². The molecule has 0 radical (unpaired) electrons. The van der Waals surface area contributed by atoms with Crippen molar-refractivity contribution in [3.8, 4) is 33.7 Å². The lowest BCUT2D eigenvalue weighted by atomic mass is 9.91. The van der Waals surface area contributed by atoms with Crippen molar-refractivity contribution in [2.45, 2.75) is 13.7 Å². The highest BCUT2D eigenvalue weighted by molar-refractivity contribution is 6.06. The number of hydrogen-bond donors (Lipinski definition) is 0. The first-order valence-corrected chi connectivity index (χ1v) is 16.5. The number of nitrogens with zero attached hydrogens (tertiary/aromatic N) is 2. The van der Waals surface area contributed by atoms with E-state index in [0.29, 0.717) is 27.4 Å². The molecule has 9 rings (SSSR count). The first kappa shape index (κ1) is 23.8. The third-order valence-electron chi connectivity index (χ3n) is 9.38. The summed E-state index contributed by atoms with van der Waals surface area (Å²) < 4.78 is 56.5. The number of para-hydroxylation sites is 3. The van der Waals surface area contributed by atoms with Gasteiger partial charge in [0.1, 0.15) is 5.52 Å². The Morgan fingerprint density at radius 3 is 1.56 bits per heavy atom. The van der Waals surface area contributed by atoms with Gasteiger partial charge in [-0.3, -0.25) is 0 Å². The highest BCUT2D eigenvalue weighted by Crippen LogP contribution is 2.38. The molecule has 238 valence electrons. The molecule has 0 bridgehead atoms. The SMILES string of the molecule is [2H]C([2H])([2H])c1c2ccccc2c(C([2H])([2H])[2H])c2cc(-c3ccc(N(c4ccccc4)c4ccc(-c5ccc(-c6nc7ccccc7o6)cc5)cc4)cc3)ccc12. The van der Waals surface area contributed by atoms with Crippen molar-refractivity contribution in [3.05, 3.63) is 181 Å². The number of anilines is 3. The summed E-state index contributed by atoms with van der Waals surface area (Å²) in [5, 5.41) is 1.71. The van der Waals surface area contributed by atoms with Crippen LogP contribution in [0, 0.1) is 13.7 Å². The summed E-state index contributed by atoms with van der Waals surface area (Å²) >= 11 is 0. The Bertz CT molecular complexity index is 2830. The topological polar surface area (TPSA) is 29.3 Å². The smallest absolute Gasteiger partial charge is 0.227 e. The van der Waals surface area contributed by atoms with Gasteiger partial charge in [0.25, 0.3) is 0 Å². The number of aryl methyl sites for hydroxylation is 2. The molecular formula is C47H34N2O. The Kier molecular flexibility index (Phi) is 5.82. The maximum Gasteiger partial charge on any atom is 0.227 e. The number of aromatic nitrogens is 1.